The summed E-state index contributed by atoms with van der Waals surface area (Å²) in [6.07, 6.45) is 0.170. The number of anilines is 1. The van der Waals surface area contributed by atoms with Gasteiger partial charge in [0.15, 0.2) is 10.9 Å². The van der Waals surface area contributed by atoms with Crippen molar-refractivity contribution in [3.63, 3.8) is 0 Å². The first-order valence-electron chi connectivity index (χ1n) is 9.61. The van der Waals surface area contributed by atoms with Gasteiger partial charge in [0.25, 0.3) is 0 Å². The number of hydrogen-bond donors (Lipinski definition) is 3. The van der Waals surface area contributed by atoms with Crippen LogP contribution in [0.25, 0.3) is 0 Å². The molecule has 0 heterocycles. The third kappa shape index (κ3) is 7.54. The summed E-state index contributed by atoms with van der Waals surface area (Å²) in [5.74, 6) is 0.752. The lowest BCUT2D eigenvalue weighted by molar-refractivity contribution is -0.121. The maximum Gasteiger partial charge on any atom is 0.238 e. The third-order valence-electron chi connectivity index (χ3n) is 4.22. The minimum Gasteiger partial charge on any atom is -0.494 e. The van der Waals surface area contributed by atoms with Gasteiger partial charge in [0.2, 0.25) is 5.91 Å². The minimum absolute atomic E-state index is 0.0603. The summed E-state index contributed by atoms with van der Waals surface area (Å²) in [6.45, 7) is 6.73. The lowest BCUT2D eigenvalue weighted by Gasteiger charge is -2.12. The Kier molecular flexibility index (Phi) is 8.61. The van der Waals surface area contributed by atoms with Crippen molar-refractivity contribution in [2.24, 2.45) is 0 Å². The smallest absolute Gasteiger partial charge is 0.238 e. The van der Waals surface area contributed by atoms with Crippen LogP contribution in [0.15, 0.2) is 48.5 Å². The number of carbonyl (C=O) groups excluding carboxylic acids is 2. The molecule has 6 nitrogen and oxygen atoms in total. The van der Waals surface area contributed by atoms with Crippen molar-refractivity contribution in [3.05, 3.63) is 59.7 Å². The summed E-state index contributed by atoms with van der Waals surface area (Å²) >= 11 is 5.17. The molecular weight excluding hydrogens is 386 g/mol. The Labute approximate surface area is 177 Å². The molecule has 0 unspecified atom stereocenters. The van der Waals surface area contributed by atoms with Crippen LogP contribution in [0, 0.1) is 0 Å². The molecule has 0 bridgehead atoms. The summed E-state index contributed by atoms with van der Waals surface area (Å²) < 4.78 is 5.35. The zero-order valence-electron chi connectivity index (χ0n) is 17.0. The van der Waals surface area contributed by atoms with Gasteiger partial charge in [0.05, 0.1) is 6.61 Å². The van der Waals surface area contributed by atoms with Crippen molar-refractivity contribution >= 4 is 34.7 Å². The molecular formula is C22H27N3O3S. The van der Waals surface area contributed by atoms with Gasteiger partial charge < -0.3 is 10.1 Å². The van der Waals surface area contributed by atoms with E-state index >= 15 is 0 Å². The largest absolute Gasteiger partial charge is 0.494 e. The van der Waals surface area contributed by atoms with Crippen LogP contribution >= 0.6 is 12.2 Å². The van der Waals surface area contributed by atoms with Gasteiger partial charge in [-0.3, -0.25) is 20.4 Å². The number of thiocarbonyl (C=S) groups is 1. The highest BCUT2D eigenvalue weighted by Gasteiger charge is 2.10. The molecule has 154 valence electrons. The van der Waals surface area contributed by atoms with E-state index < -0.39 is 0 Å². The number of hydrazine groups is 1. The fourth-order valence-corrected chi connectivity index (χ4v) is 2.75. The predicted octanol–water partition coefficient (Wildman–Crippen LogP) is 4.19. The fourth-order valence-electron chi connectivity index (χ4n) is 2.58. The van der Waals surface area contributed by atoms with Gasteiger partial charge in [-0.1, -0.05) is 26.0 Å². The van der Waals surface area contributed by atoms with E-state index in [1.54, 1.807) is 24.3 Å². The average Bonchev–Trinajstić information content (AvgIpc) is 2.71. The van der Waals surface area contributed by atoms with Gasteiger partial charge in [-0.05, 0) is 67.0 Å². The molecule has 0 saturated carbocycles. The number of amides is 1. The van der Waals surface area contributed by atoms with Gasteiger partial charge in [-0.15, -0.1) is 0 Å². The molecule has 0 fully saturated rings. The number of rotatable bonds is 8. The summed E-state index contributed by atoms with van der Waals surface area (Å²) in [4.78, 5) is 24.2. The van der Waals surface area contributed by atoms with Crippen molar-refractivity contribution < 1.29 is 14.3 Å². The monoisotopic (exact) mass is 413 g/mol. The van der Waals surface area contributed by atoms with Crippen LogP contribution in [0.1, 0.15) is 55.5 Å². The van der Waals surface area contributed by atoms with E-state index in [4.69, 9.17) is 17.0 Å². The molecule has 0 spiro atoms. The molecule has 0 aliphatic rings. The summed E-state index contributed by atoms with van der Waals surface area (Å²) in [5.41, 5.74) is 7.76. The van der Waals surface area contributed by atoms with E-state index in [-0.39, 0.29) is 29.6 Å². The van der Waals surface area contributed by atoms with E-state index in [0.29, 0.717) is 23.8 Å². The third-order valence-corrected chi connectivity index (χ3v) is 4.42. The first-order valence-corrected chi connectivity index (χ1v) is 10.0. The highest BCUT2D eigenvalue weighted by atomic mass is 32.1. The zero-order chi connectivity index (χ0) is 21.2. The second kappa shape index (κ2) is 11.2. The topological polar surface area (TPSA) is 79.5 Å². The Morgan fingerprint density at radius 2 is 1.62 bits per heavy atom. The molecule has 0 aliphatic heterocycles. The number of nitrogens with one attached hydrogen (secondary N) is 3. The van der Waals surface area contributed by atoms with Crippen molar-refractivity contribution in [3.8, 4) is 5.75 Å². The SMILES string of the molecule is CCOc1ccc(C(=O)CCC(=O)NNC(=S)Nc2ccc(C(C)C)cc2)cc1. The Morgan fingerprint density at radius 1 is 0.966 bits per heavy atom. The fraction of sp³-hybridized carbons (Fsp3) is 0.318. The lowest BCUT2D eigenvalue weighted by atomic mass is 10.0. The van der Waals surface area contributed by atoms with Crippen molar-refractivity contribution in [1.82, 2.24) is 10.9 Å². The predicted molar refractivity (Wildman–Crippen MR) is 119 cm³/mol. The van der Waals surface area contributed by atoms with E-state index in [2.05, 4.69) is 30.0 Å². The number of ether oxygens (including phenoxy) is 1. The van der Waals surface area contributed by atoms with E-state index in [1.165, 1.54) is 5.56 Å². The lowest BCUT2D eigenvalue weighted by Crippen LogP contribution is -2.43. The number of carbonyl (C=O) groups is 2. The summed E-state index contributed by atoms with van der Waals surface area (Å²) in [7, 11) is 0. The number of hydrogen-bond acceptors (Lipinski definition) is 4. The standard InChI is InChI=1S/C22H27N3O3S/c1-4-28-19-11-7-17(8-12-19)20(26)13-14-21(27)24-25-22(29)23-18-9-5-16(6-10-18)15(2)3/h5-12,15H,4,13-14H2,1-3H3,(H,24,27)(H2,23,25,29). The first kappa shape index (κ1) is 22.4. The second-order valence-corrected chi connectivity index (χ2v) is 7.19. The van der Waals surface area contributed by atoms with Crippen molar-refractivity contribution in [2.45, 2.75) is 39.5 Å². The van der Waals surface area contributed by atoms with Gasteiger partial charge in [-0.25, -0.2) is 0 Å². The van der Waals surface area contributed by atoms with Crippen LogP contribution in [0.4, 0.5) is 5.69 Å². The van der Waals surface area contributed by atoms with Crippen LogP contribution in [0.5, 0.6) is 5.75 Å². The van der Waals surface area contributed by atoms with E-state index in [1.807, 2.05) is 31.2 Å². The first-order chi connectivity index (χ1) is 13.9. The molecule has 0 radical (unpaired) electrons. The molecule has 1 amide bonds. The van der Waals surface area contributed by atoms with E-state index in [0.717, 1.165) is 5.69 Å². The molecule has 29 heavy (non-hydrogen) atoms. The van der Waals surface area contributed by atoms with Crippen LogP contribution in [-0.4, -0.2) is 23.4 Å². The molecule has 2 aromatic carbocycles. The van der Waals surface area contributed by atoms with Crippen LogP contribution in [0.2, 0.25) is 0 Å². The molecule has 3 N–H and O–H groups in total. The maximum absolute atomic E-state index is 12.2. The molecule has 2 rings (SSSR count). The van der Waals surface area contributed by atoms with Gasteiger partial charge in [-0.2, -0.15) is 0 Å². The average molecular weight is 414 g/mol. The van der Waals surface area contributed by atoms with Crippen molar-refractivity contribution in [1.29, 1.82) is 0 Å². The number of benzene rings is 2. The van der Waals surface area contributed by atoms with Crippen LogP contribution in [0.3, 0.4) is 0 Å². The Bertz CT molecular complexity index is 833. The highest BCUT2D eigenvalue weighted by molar-refractivity contribution is 7.80. The second-order valence-electron chi connectivity index (χ2n) is 6.78. The van der Waals surface area contributed by atoms with Gasteiger partial charge >= 0.3 is 0 Å². The Balaban J connectivity index is 1.71. The normalized spacial score (nSPS) is 10.3. The molecule has 7 heteroatoms. The molecule has 0 aliphatic carbocycles. The highest BCUT2D eigenvalue weighted by Crippen LogP contribution is 2.17. The molecule has 0 atom stereocenters. The van der Waals surface area contributed by atoms with Gasteiger partial charge in [0.1, 0.15) is 5.75 Å². The van der Waals surface area contributed by atoms with Crippen LogP contribution in [-0.2, 0) is 4.79 Å². The minimum atomic E-state index is -0.316. The summed E-state index contributed by atoms with van der Waals surface area (Å²) in [6, 6.07) is 14.8. The molecule has 0 aromatic heterocycles. The molecule has 2 aromatic rings. The zero-order valence-corrected chi connectivity index (χ0v) is 17.8. The quantitative estimate of drug-likeness (QED) is 0.342. The van der Waals surface area contributed by atoms with Crippen molar-refractivity contribution in [2.75, 3.05) is 11.9 Å². The van der Waals surface area contributed by atoms with E-state index in [9.17, 15) is 9.59 Å². The summed E-state index contributed by atoms with van der Waals surface area (Å²) in [5, 5.41) is 3.27. The number of ketones is 1. The number of Topliss-reactive ketones (excluding diaryl/α,β-unsaturated/α-hetero) is 1. The van der Waals surface area contributed by atoms with Gasteiger partial charge in [0, 0.05) is 24.1 Å². The maximum atomic E-state index is 12.2. The molecule has 0 saturated heterocycles. The van der Waals surface area contributed by atoms with Crippen LogP contribution < -0.4 is 20.9 Å². The Hall–Kier alpha value is -2.93. The Morgan fingerprint density at radius 3 is 2.21 bits per heavy atom.